The van der Waals surface area contributed by atoms with Gasteiger partial charge in [0.1, 0.15) is 6.04 Å². The Morgan fingerprint density at radius 1 is 1.11 bits per heavy atom. The maximum absolute atomic E-state index is 12.9. The fraction of sp³-hybridized carbons (Fsp3) is 1.00. The number of nitrogens with zero attached hydrogens (tertiary/aromatic N) is 2. The van der Waals surface area contributed by atoms with Gasteiger partial charge in [-0.15, -0.1) is 0 Å². The summed E-state index contributed by atoms with van der Waals surface area (Å²) in [5, 5.41) is 0. The summed E-state index contributed by atoms with van der Waals surface area (Å²) in [5.41, 5.74) is 5.30. The Balaban J connectivity index is 1.81. The fourth-order valence-corrected chi connectivity index (χ4v) is 2.63. The van der Waals surface area contributed by atoms with Crippen molar-refractivity contribution in [3.05, 3.63) is 0 Å². The first-order valence-electron chi connectivity index (χ1n) is 6.74. The van der Waals surface area contributed by atoms with Gasteiger partial charge in [0.15, 0.2) is 0 Å². The van der Waals surface area contributed by atoms with Crippen LogP contribution in [0, 0.1) is 5.92 Å². The molecule has 0 aromatic carbocycles. The van der Waals surface area contributed by atoms with Crippen LogP contribution in [0.25, 0.3) is 0 Å². The predicted molar refractivity (Wildman–Crippen MR) is 64.3 cm³/mol. The molecule has 1 aliphatic carbocycles. The summed E-state index contributed by atoms with van der Waals surface area (Å²) in [6.07, 6.45) is -1.57. The number of alkyl halides is 3. The lowest BCUT2D eigenvalue weighted by Gasteiger charge is -2.39. The largest absolute Gasteiger partial charge is 0.404 e. The quantitative estimate of drug-likeness (QED) is 0.813. The molecule has 6 heteroatoms. The minimum absolute atomic E-state index is 0.00608. The average Bonchev–Trinajstić information content (AvgIpc) is 3.10. The van der Waals surface area contributed by atoms with Crippen molar-refractivity contribution in [2.75, 3.05) is 39.3 Å². The summed E-state index contributed by atoms with van der Waals surface area (Å²) in [6.45, 7) is 3.70. The molecule has 2 N–H and O–H groups in total. The highest BCUT2D eigenvalue weighted by molar-refractivity contribution is 4.85. The number of piperazine rings is 1. The van der Waals surface area contributed by atoms with Gasteiger partial charge in [-0.1, -0.05) is 0 Å². The zero-order valence-corrected chi connectivity index (χ0v) is 10.6. The van der Waals surface area contributed by atoms with E-state index in [-0.39, 0.29) is 13.0 Å². The molecule has 0 amide bonds. The molecule has 2 aliphatic rings. The molecule has 0 radical (unpaired) electrons. The third-order valence-electron chi connectivity index (χ3n) is 3.88. The van der Waals surface area contributed by atoms with Crippen LogP contribution in [-0.4, -0.2) is 61.3 Å². The SMILES string of the molecule is NCCC(N1CCN(CC2CC2)CC1)C(F)(F)F. The average molecular weight is 265 g/mol. The Labute approximate surface area is 106 Å². The third kappa shape index (κ3) is 3.83. The van der Waals surface area contributed by atoms with Gasteiger partial charge < -0.3 is 10.6 Å². The van der Waals surface area contributed by atoms with Gasteiger partial charge in [-0.2, -0.15) is 13.2 Å². The lowest BCUT2D eigenvalue weighted by Crippen LogP contribution is -2.55. The number of rotatable bonds is 5. The van der Waals surface area contributed by atoms with Gasteiger partial charge in [-0.25, -0.2) is 0 Å². The van der Waals surface area contributed by atoms with Crippen LogP contribution in [0.2, 0.25) is 0 Å². The lowest BCUT2D eigenvalue weighted by molar-refractivity contribution is -0.188. The highest BCUT2D eigenvalue weighted by atomic mass is 19.4. The van der Waals surface area contributed by atoms with Crippen molar-refractivity contribution >= 4 is 0 Å². The van der Waals surface area contributed by atoms with E-state index in [0.717, 1.165) is 25.6 Å². The van der Waals surface area contributed by atoms with Gasteiger partial charge in [-0.05, 0) is 31.7 Å². The molecule has 1 atom stereocenters. The first-order chi connectivity index (χ1) is 8.50. The number of nitrogens with two attached hydrogens (primary N) is 1. The van der Waals surface area contributed by atoms with Crippen molar-refractivity contribution in [1.82, 2.24) is 9.80 Å². The molecule has 1 aliphatic heterocycles. The number of halogens is 3. The summed E-state index contributed by atoms with van der Waals surface area (Å²) < 4.78 is 38.7. The molecular weight excluding hydrogens is 243 g/mol. The van der Waals surface area contributed by atoms with E-state index in [1.165, 1.54) is 12.8 Å². The monoisotopic (exact) mass is 265 g/mol. The van der Waals surface area contributed by atoms with Crippen molar-refractivity contribution in [1.29, 1.82) is 0 Å². The van der Waals surface area contributed by atoms with Crippen molar-refractivity contribution < 1.29 is 13.2 Å². The third-order valence-corrected chi connectivity index (χ3v) is 3.88. The Kier molecular flexibility index (Phi) is 4.50. The van der Waals surface area contributed by atoms with Crippen LogP contribution in [0.5, 0.6) is 0 Å². The highest BCUT2D eigenvalue weighted by Crippen LogP contribution is 2.31. The van der Waals surface area contributed by atoms with Gasteiger partial charge in [-0.3, -0.25) is 4.90 Å². The minimum atomic E-state index is -4.15. The Morgan fingerprint density at radius 3 is 2.17 bits per heavy atom. The first-order valence-corrected chi connectivity index (χ1v) is 6.74. The summed E-state index contributed by atoms with van der Waals surface area (Å²) in [4.78, 5) is 3.85. The van der Waals surface area contributed by atoms with Gasteiger partial charge in [0.2, 0.25) is 0 Å². The molecule has 18 heavy (non-hydrogen) atoms. The molecule has 0 aromatic rings. The van der Waals surface area contributed by atoms with E-state index >= 15 is 0 Å². The van der Waals surface area contributed by atoms with Crippen molar-refractivity contribution in [3.8, 4) is 0 Å². The molecule has 1 unspecified atom stereocenters. The highest BCUT2D eigenvalue weighted by Gasteiger charge is 2.43. The molecule has 2 fully saturated rings. The molecule has 0 spiro atoms. The molecule has 2 rings (SSSR count). The zero-order chi connectivity index (χ0) is 13.2. The van der Waals surface area contributed by atoms with E-state index in [4.69, 9.17) is 5.73 Å². The number of hydrogen-bond donors (Lipinski definition) is 1. The summed E-state index contributed by atoms with van der Waals surface area (Å²) in [6, 6.07) is -1.36. The van der Waals surface area contributed by atoms with Gasteiger partial charge >= 0.3 is 6.18 Å². The van der Waals surface area contributed by atoms with Gasteiger partial charge in [0, 0.05) is 32.7 Å². The second kappa shape index (κ2) is 5.75. The zero-order valence-electron chi connectivity index (χ0n) is 10.6. The van der Waals surface area contributed by atoms with Gasteiger partial charge in [0.25, 0.3) is 0 Å². The van der Waals surface area contributed by atoms with E-state index in [1.54, 1.807) is 4.90 Å². The molecular formula is C12H22F3N3. The summed E-state index contributed by atoms with van der Waals surface area (Å²) in [7, 11) is 0. The molecule has 0 aromatic heterocycles. The van der Waals surface area contributed by atoms with Crippen LogP contribution in [0.1, 0.15) is 19.3 Å². The maximum Gasteiger partial charge on any atom is 0.404 e. The fourth-order valence-electron chi connectivity index (χ4n) is 2.63. The lowest BCUT2D eigenvalue weighted by atomic mass is 10.1. The van der Waals surface area contributed by atoms with E-state index < -0.39 is 12.2 Å². The van der Waals surface area contributed by atoms with Crippen LogP contribution in [-0.2, 0) is 0 Å². The Morgan fingerprint density at radius 2 is 1.72 bits per heavy atom. The molecule has 1 saturated heterocycles. The topological polar surface area (TPSA) is 32.5 Å². The standard InChI is InChI=1S/C12H22F3N3/c13-12(14,15)11(3-4-16)18-7-5-17(6-8-18)9-10-1-2-10/h10-11H,1-9,16H2. The molecule has 1 saturated carbocycles. The molecule has 3 nitrogen and oxygen atoms in total. The summed E-state index contributed by atoms with van der Waals surface area (Å²) in [5.74, 6) is 0.805. The maximum atomic E-state index is 12.9. The van der Waals surface area contributed by atoms with Crippen molar-refractivity contribution in [2.24, 2.45) is 11.7 Å². The Hall–Kier alpha value is -0.330. The van der Waals surface area contributed by atoms with E-state index in [2.05, 4.69) is 4.90 Å². The van der Waals surface area contributed by atoms with Crippen molar-refractivity contribution in [3.63, 3.8) is 0 Å². The smallest absolute Gasteiger partial charge is 0.330 e. The first kappa shape index (κ1) is 14.1. The van der Waals surface area contributed by atoms with Gasteiger partial charge in [0.05, 0.1) is 0 Å². The molecule has 1 heterocycles. The summed E-state index contributed by atoms with van der Waals surface area (Å²) >= 11 is 0. The van der Waals surface area contributed by atoms with Crippen LogP contribution in [0.3, 0.4) is 0 Å². The second-order valence-corrected chi connectivity index (χ2v) is 5.41. The normalized spacial score (nSPS) is 25.3. The van der Waals surface area contributed by atoms with Crippen LogP contribution < -0.4 is 5.73 Å². The van der Waals surface area contributed by atoms with E-state index in [1.807, 2.05) is 0 Å². The minimum Gasteiger partial charge on any atom is -0.330 e. The second-order valence-electron chi connectivity index (χ2n) is 5.41. The van der Waals surface area contributed by atoms with E-state index in [0.29, 0.717) is 13.1 Å². The van der Waals surface area contributed by atoms with Crippen LogP contribution in [0.15, 0.2) is 0 Å². The molecule has 0 bridgehead atoms. The number of hydrogen-bond acceptors (Lipinski definition) is 3. The van der Waals surface area contributed by atoms with Crippen molar-refractivity contribution in [2.45, 2.75) is 31.5 Å². The van der Waals surface area contributed by atoms with Crippen LogP contribution in [0.4, 0.5) is 13.2 Å². The van der Waals surface area contributed by atoms with E-state index in [9.17, 15) is 13.2 Å². The Bertz CT molecular complexity index is 258. The molecule has 106 valence electrons. The predicted octanol–water partition coefficient (Wildman–Crippen LogP) is 1.29. The van der Waals surface area contributed by atoms with Crippen LogP contribution >= 0.6 is 0 Å².